The Morgan fingerprint density at radius 2 is 1.73 bits per heavy atom. The molecule has 0 aromatic heterocycles. The molecule has 82 valence electrons. The van der Waals surface area contributed by atoms with Crippen LogP contribution in [0.4, 0.5) is 0 Å². The fraction of sp³-hybridized carbons (Fsp3) is 0.300. The number of Topliss-reactive ketones (excluding diaryl/α,β-unsaturated/α-hetero) is 1. The van der Waals surface area contributed by atoms with Crippen molar-refractivity contribution in [3.63, 3.8) is 0 Å². The molecule has 15 heavy (non-hydrogen) atoms. The number of ketones is 1. The van der Waals surface area contributed by atoms with Gasteiger partial charge in [-0.05, 0) is 6.92 Å². The third kappa shape index (κ3) is 3.35. The Hall–Kier alpha value is -0.280. The summed E-state index contributed by atoms with van der Waals surface area (Å²) in [5.41, 5.74) is 6.50. The molecule has 0 aliphatic heterocycles. The zero-order chi connectivity index (χ0) is 11.6. The summed E-state index contributed by atoms with van der Waals surface area (Å²) in [5.74, 6) is -0.133. The second kappa shape index (κ2) is 4.71. The van der Waals surface area contributed by atoms with Crippen LogP contribution in [-0.4, -0.2) is 11.8 Å². The van der Waals surface area contributed by atoms with Crippen LogP contribution >= 0.6 is 34.8 Å². The van der Waals surface area contributed by atoms with Gasteiger partial charge in [0.25, 0.3) is 0 Å². The summed E-state index contributed by atoms with van der Waals surface area (Å²) >= 11 is 17.0. The van der Waals surface area contributed by atoms with E-state index in [0.29, 0.717) is 11.1 Å². The van der Waals surface area contributed by atoms with Gasteiger partial charge in [-0.2, -0.15) is 0 Å². The number of hydrogen-bond acceptors (Lipinski definition) is 2. The molecule has 0 heterocycles. The minimum atomic E-state index is -1.46. The van der Waals surface area contributed by atoms with E-state index in [9.17, 15) is 4.79 Å². The standard InChI is InChI=1S/C10H10Cl3NO/c1-6(14)9(15)7-2-4-8(5-3-7)10(11,12)13/h2-6H,14H2,1H3. The summed E-state index contributed by atoms with van der Waals surface area (Å²) in [7, 11) is 0. The van der Waals surface area contributed by atoms with Crippen LogP contribution < -0.4 is 5.73 Å². The molecule has 1 atom stereocenters. The Bertz CT molecular complexity index is 354. The first kappa shape index (κ1) is 12.8. The summed E-state index contributed by atoms with van der Waals surface area (Å²) in [6.45, 7) is 1.63. The molecule has 0 saturated heterocycles. The van der Waals surface area contributed by atoms with E-state index in [2.05, 4.69) is 0 Å². The molecule has 1 aromatic carbocycles. The fourth-order valence-electron chi connectivity index (χ4n) is 1.09. The molecule has 0 saturated carbocycles. The first-order chi connectivity index (χ1) is 6.82. The van der Waals surface area contributed by atoms with Gasteiger partial charge in [0, 0.05) is 11.1 Å². The van der Waals surface area contributed by atoms with Gasteiger partial charge in [-0.15, -0.1) is 0 Å². The van der Waals surface area contributed by atoms with Crippen molar-refractivity contribution in [1.82, 2.24) is 0 Å². The molecular weight excluding hydrogens is 256 g/mol. The first-order valence-corrected chi connectivity index (χ1v) is 5.43. The predicted octanol–water partition coefficient (Wildman–Crippen LogP) is 3.04. The minimum Gasteiger partial charge on any atom is -0.321 e. The van der Waals surface area contributed by atoms with Crippen molar-refractivity contribution in [2.24, 2.45) is 5.73 Å². The number of alkyl halides is 3. The zero-order valence-electron chi connectivity index (χ0n) is 8.01. The highest BCUT2D eigenvalue weighted by Crippen LogP contribution is 2.37. The molecule has 0 fully saturated rings. The van der Waals surface area contributed by atoms with Crippen molar-refractivity contribution >= 4 is 40.6 Å². The Balaban J connectivity index is 2.96. The van der Waals surface area contributed by atoms with Crippen LogP contribution in [0.15, 0.2) is 24.3 Å². The van der Waals surface area contributed by atoms with Crippen LogP contribution in [0.1, 0.15) is 22.8 Å². The number of rotatable bonds is 2. The normalized spacial score (nSPS) is 13.7. The quantitative estimate of drug-likeness (QED) is 0.660. The third-order valence-corrected chi connectivity index (χ3v) is 2.56. The average Bonchev–Trinajstić information content (AvgIpc) is 2.15. The molecule has 0 aliphatic carbocycles. The number of halogens is 3. The number of carbonyl (C=O) groups is 1. The topological polar surface area (TPSA) is 43.1 Å². The second-order valence-electron chi connectivity index (χ2n) is 3.23. The van der Waals surface area contributed by atoms with Gasteiger partial charge in [0.2, 0.25) is 3.79 Å². The maximum Gasteiger partial charge on any atom is 0.216 e. The third-order valence-electron chi connectivity index (χ3n) is 1.91. The molecule has 5 heteroatoms. The van der Waals surface area contributed by atoms with E-state index in [-0.39, 0.29) is 5.78 Å². The van der Waals surface area contributed by atoms with Gasteiger partial charge in [0.05, 0.1) is 6.04 Å². The van der Waals surface area contributed by atoms with E-state index in [0.717, 1.165) is 0 Å². The van der Waals surface area contributed by atoms with Gasteiger partial charge in [0.15, 0.2) is 5.78 Å². The van der Waals surface area contributed by atoms with Gasteiger partial charge < -0.3 is 5.73 Å². The lowest BCUT2D eigenvalue weighted by atomic mass is 10.0. The Labute approximate surface area is 103 Å². The lowest BCUT2D eigenvalue weighted by Gasteiger charge is -2.11. The molecule has 0 radical (unpaired) electrons. The van der Waals surface area contributed by atoms with Crippen molar-refractivity contribution in [2.45, 2.75) is 16.8 Å². The van der Waals surface area contributed by atoms with Crippen molar-refractivity contribution in [2.75, 3.05) is 0 Å². The van der Waals surface area contributed by atoms with Crippen LogP contribution in [0.2, 0.25) is 0 Å². The highest BCUT2D eigenvalue weighted by atomic mass is 35.6. The monoisotopic (exact) mass is 265 g/mol. The van der Waals surface area contributed by atoms with E-state index < -0.39 is 9.83 Å². The minimum absolute atomic E-state index is 0.133. The molecule has 1 rings (SSSR count). The Kier molecular flexibility index (Phi) is 4.01. The lowest BCUT2D eigenvalue weighted by molar-refractivity contribution is 0.0968. The van der Waals surface area contributed by atoms with E-state index in [4.69, 9.17) is 40.5 Å². The summed E-state index contributed by atoms with van der Waals surface area (Å²) in [4.78, 5) is 11.5. The molecule has 0 amide bonds. The zero-order valence-corrected chi connectivity index (χ0v) is 10.3. The summed E-state index contributed by atoms with van der Waals surface area (Å²) < 4.78 is -1.46. The second-order valence-corrected chi connectivity index (χ2v) is 5.51. The van der Waals surface area contributed by atoms with E-state index >= 15 is 0 Å². The smallest absolute Gasteiger partial charge is 0.216 e. The van der Waals surface area contributed by atoms with Crippen LogP contribution in [0.5, 0.6) is 0 Å². The maximum atomic E-state index is 11.5. The molecule has 1 unspecified atom stereocenters. The Morgan fingerprint density at radius 3 is 2.07 bits per heavy atom. The van der Waals surface area contributed by atoms with E-state index in [1.165, 1.54) is 0 Å². The van der Waals surface area contributed by atoms with Crippen molar-refractivity contribution in [3.8, 4) is 0 Å². The number of benzene rings is 1. The van der Waals surface area contributed by atoms with Crippen LogP contribution in [-0.2, 0) is 3.79 Å². The highest BCUT2D eigenvalue weighted by molar-refractivity contribution is 6.66. The molecule has 2 nitrogen and oxygen atoms in total. The number of hydrogen-bond donors (Lipinski definition) is 1. The molecule has 0 bridgehead atoms. The fourth-order valence-corrected chi connectivity index (χ4v) is 1.46. The number of nitrogens with two attached hydrogens (primary N) is 1. The summed E-state index contributed by atoms with van der Waals surface area (Å²) in [6, 6.07) is 5.88. The van der Waals surface area contributed by atoms with Gasteiger partial charge in [-0.25, -0.2) is 0 Å². The molecule has 1 aromatic rings. The summed E-state index contributed by atoms with van der Waals surface area (Å²) in [6.07, 6.45) is 0. The predicted molar refractivity (Wildman–Crippen MR) is 63.7 cm³/mol. The van der Waals surface area contributed by atoms with Gasteiger partial charge in [-0.3, -0.25) is 4.79 Å². The van der Waals surface area contributed by atoms with Gasteiger partial charge >= 0.3 is 0 Å². The highest BCUT2D eigenvalue weighted by Gasteiger charge is 2.22. The van der Waals surface area contributed by atoms with Crippen molar-refractivity contribution in [3.05, 3.63) is 35.4 Å². The number of carbonyl (C=O) groups excluding carboxylic acids is 1. The summed E-state index contributed by atoms with van der Waals surface area (Å²) in [5, 5.41) is 0. The largest absolute Gasteiger partial charge is 0.321 e. The van der Waals surface area contributed by atoms with E-state index in [1.54, 1.807) is 31.2 Å². The average molecular weight is 267 g/mol. The molecule has 0 spiro atoms. The van der Waals surface area contributed by atoms with Gasteiger partial charge in [0.1, 0.15) is 0 Å². The van der Waals surface area contributed by atoms with Crippen LogP contribution in [0.3, 0.4) is 0 Å². The van der Waals surface area contributed by atoms with Crippen molar-refractivity contribution < 1.29 is 4.79 Å². The lowest BCUT2D eigenvalue weighted by Crippen LogP contribution is -2.26. The van der Waals surface area contributed by atoms with Gasteiger partial charge in [-0.1, -0.05) is 59.1 Å². The van der Waals surface area contributed by atoms with Crippen LogP contribution in [0.25, 0.3) is 0 Å². The molecule has 0 aliphatic rings. The molecule has 2 N–H and O–H groups in total. The maximum absolute atomic E-state index is 11.5. The van der Waals surface area contributed by atoms with Crippen LogP contribution in [0, 0.1) is 0 Å². The SMILES string of the molecule is CC(N)C(=O)c1ccc(C(Cl)(Cl)Cl)cc1. The van der Waals surface area contributed by atoms with Crippen molar-refractivity contribution in [1.29, 1.82) is 0 Å². The Morgan fingerprint density at radius 1 is 1.27 bits per heavy atom. The molecular formula is C10H10Cl3NO. The van der Waals surface area contributed by atoms with E-state index in [1.807, 2.05) is 0 Å². The first-order valence-electron chi connectivity index (χ1n) is 4.29.